The molecule has 1 atom stereocenters. The van der Waals surface area contributed by atoms with Crippen molar-refractivity contribution in [2.45, 2.75) is 60.0 Å². The fourth-order valence-electron chi connectivity index (χ4n) is 2.89. The summed E-state index contributed by atoms with van der Waals surface area (Å²) in [5.41, 5.74) is 4.42. The first-order valence-corrected chi connectivity index (χ1v) is 8.60. The number of aromatic nitrogens is 3. The quantitative estimate of drug-likeness (QED) is 0.848. The van der Waals surface area contributed by atoms with Crippen molar-refractivity contribution in [3.8, 4) is 0 Å². The van der Waals surface area contributed by atoms with Gasteiger partial charge in [0.25, 0.3) is 0 Å². The molecule has 0 aliphatic rings. The summed E-state index contributed by atoms with van der Waals surface area (Å²) in [5, 5.41) is 7.65. The van der Waals surface area contributed by atoms with Crippen LogP contribution in [0, 0.1) is 19.8 Å². The normalized spacial score (nSPS) is 12.4. The number of aryl methyl sites for hydroxylation is 1. The molecule has 1 amide bonds. The van der Waals surface area contributed by atoms with E-state index in [0.29, 0.717) is 12.3 Å². The summed E-state index contributed by atoms with van der Waals surface area (Å²) >= 11 is 0. The van der Waals surface area contributed by atoms with Crippen LogP contribution in [0.25, 0.3) is 0 Å². The number of nitrogens with one attached hydrogen (secondary N) is 1. The highest BCUT2D eigenvalue weighted by molar-refractivity contribution is 5.76. The molecule has 0 aliphatic carbocycles. The van der Waals surface area contributed by atoms with Crippen molar-refractivity contribution in [3.05, 3.63) is 47.0 Å². The molecule has 2 aromatic heterocycles. The second kappa shape index (κ2) is 8.08. The van der Waals surface area contributed by atoms with Crippen molar-refractivity contribution in [1.29, 1.82) is 0 Å². The smallest absolute Gasteiger partial charge is 0.220 e. The second-order valence-corrected chi connectivity index (χ2v) is 6.80. The van der Waals surface area contributed by atoms with Crippen LogP contribution in [0.4, 0.5) is 0 Å². The predicted octanol–water partition coefficient (Wildman–Crippen LogP) is 3.36. The Morgan fingerprint density at radius 3 is 2.67 bits per heavy atom. The number of carbonyl (C=O) groups is 1. The van der Waals surface area contributed by atoms with Gasteiger partial charge in [-0.15, -0.1) is 0 Å². The predicted molar refractivity (Wildman–Crippen MR) is 95.7 cm³/mol. The van der Waals surface area contributed by atoms with Gasteiger partial charge in [-0.2, -0.15) is 5.10 Å². The Morgan fingerprint density at radius 2 is 2.04 bits per heavy atom. The van der Waals surface area contributed by atoms with E-state index in [2.05, 4.69) is 40.9 Å². The molecule has 0 aromatic carbocycles. The van der Waals surface area contributed by atoms with Crippen LogP contribution in [0.5, 0.6) is 0 Å². The van der Waals surface area contributed by atoms with Gasteiger partial charge in [0.1, 0.15) is 0 Å². The van der Waals surface area contributed by atoms with Crippen molar-refractivity contribution >= 4 is 5.91 Å². The summed E-state index contributed by atoms with van der Waals surface area (Å²) in [7, 11) is 0. The SMILES string of the molecule is Cc1nn(CC(C)C)c(C)c1CCC(=O)NC(C)c1cccnc1. The lowest BCUT2D eigenvalue weighted by Crippen LogP contribution is -2.27. The summed E-state index contributed by atoms with van der Waals surface area (Å²) in [6.07, 6.45) is 4.72. The molecule has 2 rings (SSSR count). The minimum atomic E-state index is -0.0305. The zero-order valence-electron chi connectivity index (χ0n) is 15.3. The third-order valence-corrected chi connectivity index (χ3v) is 4.23. The van der Waals surface area contributed by atoms with E-state index in [1.165, 1.54) is 11.3 Å². The number of pyridine rings is 1. The Kier molecular flexibility index (Phi) is 6.12. The van der Waals surface area contributed by atoms with Gasteiger partial charge < -0.3 is 5.32 Å². The lowest BCUT2D eigenvalue weighted by atomic mass is 10.1. The number of amides is 1. The van der Waals surface area contributed by atoms with E-state index in [0.717, 1.165) is 24.2 Å². The number of carbonyl (C=O) groups excluding carboxylic acids is 1. The van der Waals surface area contributed by atoms with E-state index in [1.54, 1.807) is 12.4 Å². The minimum absolute atomic E-state index is 0.0305. The van der Waals surface area contributed by atoms with Gasteiger partial charge in [-0.05, 0) is 50.3 Å². The zero-order chi connectivity index (χ0) is 17.7. The van der Waals surface area contributed by atoms with Crippen molar-refractivity contribution < 1.29 is 4.79 Å². The molecule has 130 valence electrons. The van der Waals surface area contributed by atoms with Gasteiger partial charge >= 0.3 is 0 Å². The second-order valence-electron chi connectivity index (χ2n) is 6.80. The van der Waals surface area contributed by atoms with Crippen molar-refractivity contribution in [3.63, 3.8) is 0 Å². The van der Waals surface area contributed by atoms with Gasteiger partial charge in [0.05, 0.1) is 11.7 Å². The summed E-state index contributed by atoms with van der Waals surface area (Å²) < 4.78 is 2.06. The molecule has 1 N–H and O–H groups in total. The molecule has 0 saturated carbocycles. The maximum atomic E-state index is 12.2. The van der Waals surface area contributed by atoms with Crippen LogP contribution in [0.1, 0.15) is 55.7 Å². The number of rotatable bonds is 7. The van der Waals surface area contributed by atoms with Crippen LogP contribution in [0.15, 0.2) is 24.5 Å². The van der Waals surface area contributed by atoms with Gasteiger partial charge in [-0.1, -0.05) is 19.9 Å². The highest BCUT2D eigenvalue weighted by Gasteiger charge is 2.15. The van der Waals surface area contributed by atoms with Crippen molar-refractivity contribution in [1.82, 2.24) is 20.1 Å². The highest BCUT2D eigenvalue weighted by Crippen LogP contribution is 2.17. The average Bonchev–Trinajstić information content (AvgIpc) is 2.79. The van der Waals surface area contributed by atoms with Gasteiger partial charge in [-0.25, -0.2) is 0 Å². The molecular formula is C19H28N4O. The topological polar surface area (TPSA) is 59.8 Å². The molecular weight excluding hydrogens is 300 g/mol. The van der Waals surface area contributed by atoms with E-state index in [9.17, 15) is 4.79 Å². The lowest BCUT2D eigenvalue weighted by Gasteiger charge is -2.14. The Labute approximate surface area is 144 Å². The Morgan fingerprint density at radius 1 is 1.29 bits per heavy atom. The van der Waals surface area contributed by atoms with Crippen LogP contribution in [0.3, 0.4) is 0 Å². The first-order chi connectivity index (χ1) is 11.4. The maximum absolute atomic E-state index is 12.2. The number of nitrogens with zero attached hydrogens (tertiary/aromatic N) is 3. The van der Waals surface area contributed by atoms with Gasteiger partial charge in [-0.3, -0.25) is 14.5 Å². The first kappa shape index (κ1) is 18.2. The lowest BCUT2D eigenvalue weighted by molar-refractivity contribution is -0.121. The number of hydrogen-bond acceptors (Lipinski definition) is 3. The number of hydrogen-bond donors (Lipinski definition) is 1. The summed E-state index contributed by atoms with van der Waals surface area (Å²) in [6, 6.07) is 3.83. The van der Waals surface area contributed by atoms with Crippen LogP contribution >= 0.6 is 0 Å². The van der Waals surface area contributed by atoms with Crippen LogP contribution in [0.2, 0.25) is 0 Å². The fourth-order valence-corrected chi connectivity index (χ4v) is 2.89. The molecule has 2 aromatic rings. The molecule has 1 unspecified atom stereocenters. The van der Waals surface area contributed by atoms with Gasteiger partial charge in [0.2, 0.25) is 5.91 Å². The van der Waals surface area contributed by atoms with Crippen LogP contribution in [-0.2, 0) is 17.8 Å². The molecule has 0 saturated heterocycles. The van der Waals surface area contributed by atoms with E-state index < -0.39 is 0 Å². The Hall–Kier alpha value is -2.17. The molecule has 5 heteroatoms. The Bertz CT molecular complexity index is 676. The summed E-state index contributed by atoms with van der Waals surface area (Å²) in [4.78, 5) is 16.3. The molecule has 0 fully saturated rings. The summed E-state index contributed by atoms with van der Waals surface area (Å²) in [5.74, 6) is 0.612. The van der Waals surface area contributed by atoms with Crippen molar-refractivity contribution in [2.24, 2.45) is 5.92 Å². The third-order valence-electron chi connectivity index (χ3n) is 4.23. The molecule has 0 radical (unpaired) electrons. The molecule has 5 nitrogen and oxygen atoms in total. The molecule has 0 bridgehead atoms. The maximum Gasteiger partial charge on any atom is 0.220 e. The first-order valence-electron chi connectivity index (χ1n) is 8.60. The van der Waals surface area contributed by atoms with E-state index in [-0.39, 0.29) is 11.9 Å². The minimum Gasteiger partial charge on any atom is -0.350 e. The summed E-state index contributed by atoms with van der Waals surface area (Å²) in [6.45, 7) is 11.4. The largest absolute Gasteiger partial charge is 0.350 e. The van der Waals surface area contributed by atoms with E-state index in [4.69, 9.17) is 0 Å². The van der Waals surface area contributed by atoms with Crippen LogP contribution < -0.4 is 5.32 Å². The van der Waals surface area contributed by atoms with E-state index in [1.807, 2.05) is 26.0 Å². The highest BCUT2D eigenvalue weighted by atomic mass is 16.1. The van der Waals surface area contributed by atoms with Gasteiger partial charge in [0, 0.05) is 31.1 Å². The average molecular weight is 328 g/mol. The van der Waals surface area contributed by atoms with Gasteiger partial charge in [0.15, 0.2) is 0 Å². The standard InChI is InChI=1S/C19H28N4O/c1-13(2)12-23-16(5)18(15(4)22-23)8-9-19(24)21-14(3)17-7-6-10-20-11-17/h6-7,10-11,13-14H,8-9,12H2,1-5H3,(H,21,24). The Balaban J connectivity index is 1.93. The van der Waals surface area contributed by atoms with E-state index >= 15 is 0 Å². The third kappa shape index (κ3) is 4.66. The molecule has 2 heterocycles. The zero-order valence-corrected chi connectivity index (χ0v) is 15.3. The fraction of sp³-hybridized carbons (Fsp3) is 0.526. The molecule has 0 aliphatic heterocycles. The molecule has 0 spiro atoms. The van der Waals surface area contributed by atoms with Crippen LogP contribution in [-0.4, -0.2) is 20.7 Å². The molecule has 24 heavy (non-hydrogen) atoms. The monoisotopic (exact) mass is 328 g/mol. The van der Waals surface area contributed by atoms with Crippen molar-refractivity contribution in [2.75, 3.05) is 0 Å².